The highest BCUT2D eigenvalue weighted by Gasteiger charge is 2.11. The Balaban J connectivity index is 1.54. The zero-order valence-corrected chi connectivity index (χ0v) is 14.3. The third kappa shape index (κ3) is 4.42. The van der Waals surface area contributed by atoms with Crippen LogP contribution in [0.25, 0.3) is 6.08 Å². The summed E-state index contributed by atoms with van der Waals surface area (Å²) in [5, 5.41) is 0. The molecule has 0 amide bonds. The van der Waals surface area contributed by atoms with Crippen molar-refractivity contribution in [3.8, 4) is 11.5 Å². The fourth-order valence-electron chi connectivity index (χ4n) is 2.39. The molecule has 134 valence electrons. The van der Waals surface area contributed by atoms with E-state index in [-0.39, 0.29) is 6.61 Å². The van der Waals surface area contributed by atoms with Gasteiger partial charge < -0.3 is 18.9 Å². The first-order chi connectivity index (χ1) is 12.7. The molecular formula is C20H18O6. The lowest BCUT2D eigenvalue weighted by Gasteiger charge is -2.18. The molecule has 0 saturated heterocycles. The van der Waals surface area contributed by atoms with Crippen molar-refractivity contribution in [2.24, 2.45) is 0 Å². The van der Waals surface area contributed by atoms with Gasteiger partial charge in [-0.05, 0) is 41.5 Å². The Hall–Kier alpha value is -3.28. The highest BCUT2D eigenvalue weighted by molar-refractivity contribution is 5.89. The van der Waals surface area contributed by atoms with Gasteiger partial charge in [-0.3, -0.25) is 0 Å². The molecule has 0 aromatic heterocycles. The summed E-state index contributed by atoms with van der Waals surface area (Å²) in [6, 6.07) is 12.1. The van der Waals surface area contributed by atoms with Gasteiger partial charge in [0.1, 0.15) is 19.8 Å². The second-order valence-electron chi connectivity index (χ2n) is 5.53. The van der Waals surface area contributed by atoms with Gasteiger partial charge in [0.05, 0.1) is 12.7 Å². The molecule has 1 aliphatic rings. The van der Waals surface area contributed by atoms with Crippen LogP contribution < -0.4 is 9.47 Å². The third-order valence-electron chi connectivity index (χ3n) is 3.73. The average molecular weight is 354 g/mol. The minimum atomic E-state index is -0.461. The van der Waals surface area contributed by atoms with E-state index < -0.39 is 11.9 Å². The number of rotatable bonds is 5. The third-order valence-corrected chi connectivity index (χ3v) is 3.73. The molecule has 0 aliphatic carbocycles. The maximum atomic E-state index is 11.9. The highest BCUT2D eigenvalue weighted by atomic mass is 16.6. The number of benzene rings is 2. The van der Waals surface area contributed by atoms with Crippen LogP contribution in [0.5, 0.6) is 11.5 Å². The maximum absolute atomic E-state index is 11.9. The summed E-state index contributed by atoms with van der Waals surface area (Å²) < 4.78 is 20.8. The average Bonchev–Trinajstić information content (AvgIpc) is 2.70. The first kappa shape index (κ1) is 17.5. The van der Waals surface area contributed by atoms with Crippen LogP contribution in [-0.2, 0) is 20.9 Å². The standard InChI is InChI=1S/C20H18O6/c1-23-20(22)16-6-2-15(3-7-16)13-26-19(21)9-5-14-4-8-17-18(12-14)25-11-10-24-17/h2-9,12H,10-11,13H2,1H3/b9-5+. The van der Waals surface area contributed by atoms with E-state index in [4.69, 9.17) is 14.2 Å². The van der Waals surface area contributed by atoms with Crippen molar-refractivity contribution in [2.75, 3.05) is 20.3 Å². The number of esters is 2. The number of hydrogen-bond acceptors (Lipinski definition) is 6. The molecule has 0 fully saturated rings. The molecular weight excluding hydrogens is 336 g/mol. The van der Waals surface area contributed by atoms with Crippen molar-refractivity contribution in [1.82, 2.24) is 0 Å². The van der Waals surface area contributed by atoms with Crippen LogP contribution in [0.3, 0.4) is 0 Å². The van der Waals surface area contributed by atoms with Crippen LogP contribution in [0.1, 0.15) is 21.5 Å². The predicted molar refractivity (Wildman–Crippen MR) is 94.0 cm³/mol. The molecule has 0 N–H and O–H groups in total. The Morgan fingerprint density at radius 3 is 2.50 bits per heavy atom. The minimum Gasteiger partial charge on any atom is -0.486 e. The molecule has 0 saturated carbocycles. The molecule has 1 aliphatic heterocycles. The Kier molecular flexibility index (Phi) is 5.53. The second kappa shape index (κ2) is 8.20. The molecule has 0 unspecified atom stereocenters. The molecule has 2 aromatic carbocycles. The largest absolute Gasteiger partial charge is 0.486 e. The molecule has 0 atom stereocenters. The summed E-state index contributed by atoms with van der Waals surface area (Å²) in [4.78, 5) is 23.2. The molecule has 0 radical (unpaired) electrons. The van der Waals surface area contributed by atoms with Crippen LogP contribution in [-0.4, -0.2) is 32.3 Å². The molecule has 6 nitrogen and oxygen atoms in total. The first-order valence-corrected chi connectivity index (χ1v) is 8.07. The molecule has 3 rings (SSSR count). The molecule has 2 aromatic rings. The van der Waals surface area contributed by atoms with Gasteiger partial charge in [0.25, 0.3) is 0 Å². The molecule has 26 heavy (non-hydrogen) atoms. The highest BCUT2D eigenvalue weighted by Crippen LogP contribution is 2.31. The summed E-state index contributed by atoms with van der Waals surface area (Å²) in [5.74, 6) is 0.497. The van der Waals surface area contributed by atoms with Crippen LogP contribution in [0.15, 0.2) is 48.5 Å². The Morgan fingerprint density at radius 1 is 1.04 bits per heavy atom. The number of methoxy groups -OCH3 is 1. The quantitative estimate of drug-likeness (QED) is 0.607. The van der Waals surface area contributed by atoms with E-state index in [1.165, 1.54) is 13.2 Å². The zero-order chi connectivity index (χ0) is 18.4. The van der Waals surface area contributed by atoms with Crippen molar-refractivity contribution in [1.29, 1.82) is 0 Å². The van der Waals surface area contributed by atoms with Crippen LogP contribution in [0.2, 0.25) is 0 Å². The molecule has 0 spiro atoms. The lowest BCUT2D eigenvalue weighted by molar-refractivity contribution is -0.138. The second-order valence-corrected chi connectivity index (χ2v) is 5.53. The van der Waals surface area contributed by atoms with Crippen molar-refractivity contribution >= 4 is 18.0 Å². The monoisotopic (exact) mass is 354 g/mol. The van der Waals surface area contributed by atoms with Crippen molar-refractivity contribution in [2.45, 2.75) is 6.61 Å². The van der Waals surface area contributed by atoms with Gasteiger partial charge in [0, 0.05) is 6.08 Å². The smallest absolute Gasteiger partial charge is 0.337 e. The van der Waals surface area contributed by atoms with E-state index in [1.54, 1.807) is 30.3 Å². The Morgan fingerprint density at radius 2 is 1.77 bits per heavy atom. The van der Waals surface area contributed by atoms with Gasteiger partial charge in [0.15, 0.2) is 11.5 Å². The normalized spacial score (nSPS) is 12.7. The lowest BCUT2D eigenvalue weighted by Crippen LogP contribution is -2.15. The van der Waals surface area contributed by atoms with E-state index in [9.17, 15) is 9.59 Å². The van der Waals surface area contributed by atoms with Gasteiger partial charge in [-0.1, -0.05) is 18.2 Å². The SMILES string of the molecule is COC(=O)c1ccc(COC(=O)/C=C/c2ccc3c(c2)OCCO3)cc1. The maximum Gasteiger partial charge on any atom is 0.337 e. The van der Waals surface area contributed by atoms with Gasteiger partial charge in [-0.25, -0.2) is 9.59 Å². The topological polar surface area (TPSA) is 71.1 Å². The molecule has 1 heterocycles. The Labute approximate surface area is 150 Å². The van der Waals surface area contributed by atoms with Crippen molar-refractivity contribution in [3.63, 3.8) is 0 Å². The predicted octanol–water partition coefficient (Wildman–Crippen LogP) is 3.00. The number of carbonyl (C=O) groups excluding carboxylic acids is 2. The van der Waals surface area contributed by atoms with Crippen LogP contribution in [0, 0.1) is 0 Å². The Bertz CT molecular complexity index is 823. The fourth-order valence-corrected chi connectivity index (χ4v) is 2.39. The van der Waals surface area contributed by atoms with Crippen molar-refractivity contribution in [3.05, 3.63) is 65.2 Å². The molecule has 6 heteroatoms. The van der Waals surface area contributed by atoms with E-state index in [2.05, 4.69) is 4.74 Å². The minimum absolute atomic E-state index is 0.117. The number of carbonyl (C=O) groups is 2. The summed E-state index contributed by atoms with van der Waals surface area (Å²) in [6.07, 6.45) is 3.01. The van der Waals surface area contributed by atoms with Gasteiger partial charge in [0.2, 0.25) is 0 Å². The lowest BCUT2D eigenvalue weighted by atomic mass is 10.1. The zero-order valence-electron chi connectivity index (χ0n) is 14.3. The van der Waals surface area contributed by atoms with E-state index >= 15 is 0 Å². The summed E-state index contributed by atoms with van der Waals surface area (Å²) in [6.45, 7) is 1.16. The summed E-state index contributed by atoms with van der Waals surface area (Å²) in [5.41, 5.74) is 2.04. The summed E-state index contributed by atoms with van der Waals surface area (Å²) >= 11 is 0. The van der Waals surface area contributed by atoms with Gasteiger partial charge >= 0.3 is 11.9 Å². The van der Waals surface area contributed by atoms with E-state index in [0.29, 0.717) is 30.3 Å². The number of hydrogen-bond donors (Lipinski definition) is 0. The first-order valence-electron chi connectivity index (χ1n) is 8.07. The van der Waals surface area contributed by atoms with Gasteiger partial charge in [-0.2, -0.15) is 0 Å². The fraction of sp³-hybridized carbons (Fsp3) is 0.200. The van der Waals surface area contributed by atoms with E-state index in [0.717, 1.165) is 11.1 Å². The van der Waals surface area contributed by atoms with Crippen LogP contribution >= 0.6 is 0 Å². The van der Waals surface area contributed by atoms with E-state index in [1.807, 2.05) is 18.2 Å². The summed E-state index contributed by atoms with van der Waals surface area (Å²) in [7, 11) is 1.33. The number of ether oxygens (including phenoxy) is 4. The number of fused-ring (bicyclic) bond motifs is 1. The van der Waals surface area contributed by atoms with Crippen molar-refractivity contribution < 1.29 is 28.5 Å². The van der Waals surface area contributed by atoms with Crippen LogP contribution in [0.4, 0.5) is 0 Å². The van der Waals surface area contributed by atoms with Gasteiger partial charge in [-0.15, -0.1) is 0 Å². The molecule has 0 bridgehead atoms.